The van der Waals surface area contributed by atoms with Crippen LogP contribution < -0.4 is 5.32 Å². The molecule has 0 aromatic heterocycles. The summed E-state index contributed by atoms with van der Waals surface area (Å²) in [6.07, 6.45) is 5.07. The van der Waals surface area contributed by atoms with E-state index in [1.165, 1.54) is 24.8 Å². The zero-order valence-electron chi connectivity index (χ0n) is 15.4. The Balaban J connectivity index is 1.73. The molecule has 25 heavy (non-hydrogen) atoms. The van der Waals surface area contributed by atoms with Crippen LogP contribution in [0.5, 0.6) is 0 Å². The van der Waals surface area contributed by atoms with E-state index in [4.69, 9.17) is 0 Å². The number of hydrogen-bond donors (Lipinski definition) is 1. The standard InChI is InChI=1S/C23H29NO/c1-17-9-6-7-14-24-22(17)15-18(2)20-12-8-13-21(16-20)23(25)19-10-4-3-5-11-19/h3-5,8,10-13,16-18,22,24H,6-7,9,14-15H2,1-2H3. The third-order valence-electron chi connectivity index (χ3n) is 5.54. The Labute approximate surface area is 151 Å². The van der Waals surface area contributed by atoms with E-state index in [0.717, 1.165) is 30.0 Å². The van der Waals surface area contributed by atoms with Crippen LogP contribution in [0.1, 0.15) is 66.9 Å². The zero-order valence-corrected chi connectivity index (χ0v) is 15.4. The highest BCUT2D eigenvalue weighted by Crippen LogP contribution is 2.27. The summed E-state index contributed by atoms with van der Waals surface area (Å²) in [5.74, 6) is 1.27. The van der Waals surface area contributed by atoms with Crippen LogP contribution >= 0.6 is 0 Å². The second kappa shape index (κ2) is 8.44. The van der Waals surface area contributed by atoms with E-state index in [1.54, 1.807) is 0 Å². The molecule has 2 aromatic rings. The van der Waals surface area contributed by atoms with Gasteiger partial charge in [-0.05, 0) is 49.3 Å². The normalized spacial score (nSPS) is 22.2. The van der Waals surface area contributed by atoms with E-state index < -0.39 is 0 Å². The first kappa shape index (κ1) is 17.9. The second-order valence-corrected chi connectivity index (χ2v) is 7.49. The van der Waals surface area contributed by atoms with Crippen molar-refractivity contribution < 1.29 is 4.79 Å². The van der Waals surface area contributed by atoms with Gasteiger partial charge in [0.2, 0.25) is 0 Å². The number of carbonyl (C=O) groups is 1. The number of nitrogens with one attached hydrogen (secondary N) is 1. The predicted molar refractivity (Wildman–Crippen MR) is 104 cm³/mol. The van der Waals surface area contributed by atoms with Crippen molar-refractivity contribution in [1.29, 1.82) is 0 Å². The molecule has 2 nitrogen and oxygen atoms in total. The first-order valence-electron chi connectivity index (χ1n) is 9.58. The van der Waals surface area contributed by atoms with Crippen LogP contribution in [-0.4, -0.2) is 18.4 Å². The fourth-order valence-electron chi connectivity index (χ4n) is 3.86. The largest absolute Gasteiger partial charge is 0.314 e. The van der Waals surface area contributed by atoms with Gasteiger partial charge in [-0.2, -0.15) is 0 Å². The van der Waals surface area contributed by atoms with E-state index in [9.17, 15) is 4.79 Å². The van der Waals surface area contributed by atoms with E-state index in [1.807, 2.05) is 42.5 Å². The summed E-state index contributed by atoms with van der Waals surface area (Å²) in [5.41, 5.74) is 2.81. The van der Waals surface area contributed by atoms with Crippen LogP contribution in [0.2, 0.25) is 0 Å². The first-order chi connectivity index (χ1) is 12.1. The molecule has 0 amide bonds. The highest BCUT2D eigenvalue weighted by Gasteiger charge is 2.22. The number of hydrogen-bond acceptors (Lipinski definition) is 2. The maximum Gasteiger partial charge on any atom is 0.193 e. The molecule has 1 heterocycles. The monoisotopic (exact) mass is 335 g/mol. The molecule has 1 fully saturated rings. The van der Waals surface area contributed by atoms with Crippen LogP contribution in [0.25, 0.3) is 0 Å². The fraction of sp³-hybridized carbons (Fsp3) is 0.435. The first-order valence-corrected chi connectivity index (χ1v) is 9.58. The number of carbonyl (C=O) groups excluding carboxylic acids is 1. The summed E-state index contributed by atoms with van der Waals surface area (Å²) in [5, 5.41) is 3.73. The zero-order chi connectivity index (χ0) is 17.6. The molecule has 0 spiro atoms. The summed E-state index contributed by atoms with van der Waals surface area (Å²) in [6, 6.07) is 18.3. The van der Waals surface area contributed by atoms with Crippen LogP contribution in [0.4, 0.5) is 0 Å². The molecule has 0 bridgehead atoms. The average molecular weight is 335 g/mol. The molecule has 132 valence electrons. The lowest BCUT2D eigenvalue weighted by Crippen LogP contribution is -2.34. The lowest BCUT2D eigenvalue weighted by atomic mass is 9.86. The summed E-state index contributed by atoms with van der Waals surface area (Å²) in [7, 11) is 0. The topological polar surface area (TPSA) is 29.1 Å². The van der Waals surface area contributed by atoms with Crippen molar-refractivity contribution >= 4 is 5.78 Å². The molecule has 1 aliphatic heterocycles. The summed E-state index contributed by atoms with van der Waals surface area (Å²) < 4.78 is 0. The van der Waals surface area contributed by atoms with Gasteiger partial charge in [-0.3, -0.25) is 4.79 Å². The van der Waals surface area contributed by atoms with Crippen molar-refractivity contribution in [2.45, 2.75) is 51.5 Å². The van der Waals surface area contributed by atoms with Gasteiger partial charge < -0.3 is 5.32 Å². The molecule has 3 unspecified atom stereocenters. The van der Waals surface area contributed by atoms with Gasteiger partial charge in [0.1, 0.15) is 0 Å². The highest BCUT2D eigenvalue weighted by atomic mass is 16.1. The fourth-order valence-corrected chi connectivity index (χ4v) is 3.86. The van der Waals surface area contributed by atoms with Crippen molar-refractivity contribution in [3.8, 4) is 0 Å². The number of rotatable bonds is 5. The van der Waals surface area contributed by atoms with E-state index in [2.05, 4.69) is 31.3 Å². The van der Waals surface area contributed by atoms with Gasteiger partial charge in [-0.25, -0.2) is 0 Å². The molecule has 0 aliphatic carbocycles. The lowest BCUT2D eigenvalue weighted by molar-refractivity contribution is 0.103. The number of ketones is 1. The van der Waals surface area contributed by atoms with Crippen molar-refractivity contribution in [3.63, 3.8) is 0 Å². The maximum absolute atomic E-state index is 12.7. The quantitative estimate of drug-likeness (QED) is 0.762. The molecule has 2 aromatic carbocycles. The van der Waals surface area contributed by atoms with Crippen LogP contribution in [0, 0.1) is 5.92 Å². The Hall–Kier alpha value is -1.93. The molecule has 3 rings (SSSR count). The van der Waals surface area contributed by atoms with Crippen molar-refractivity contribution in [2.75, 3.05) is 6.54 Å². The third-order valence-corrected chi connectivity index (χ3v) is 5.54. The van der Waals surface area contributed by atoms with Gasteiger partial charge in [-0.1, -0.05) is 68.8 Å². The summed E-state index contributed by atoms with van der Waals surface area (Å²) in [6.45, 7) is 5.78. The van der Waals surface area contributed by atoms with E-state index >= 15 is 0 Å². The predicted octanol–water partition coefficient (Wildman–Crippen LogP) is 5.19. The Morgan fingerprint density at radius 3 is 2.64 bits per heavy atom. The van der Waals surface area contributed by atoms with Gasteiger partial charge in [0.05, 0.1) is 0 Å². The molecule has 0 saturated carbocycles. The molecule has 3 atom stereocenters. The van der Waals surface area contributed by atoms with Gasteiger partial charge >= 0.3 is 0 Å². The number of benzene rings is 2. The van der Waals surface area contributed by atoms with Crippen molar-refractivity contribution in [1.82, 2.24) is 5.32 Å². The SMILES string of the molecule is CC(CC1NCCCCC1C)c1cccc(C(=O)c2ccccc2)c1. The van der Waals surface area contributed by atoms with Gasteiger partial charge in [0.25, 0.3) is 0 Å². The average Bonchev–Trinajstić information content (AvgIpc) is 2.86. The molecule has 1 aliphatic rings. The third kappa shape index (κ3) is 4.58. The molecule has 1 saturated heterocycles. The Morgan fingerprint density at radius 1 is 1.08 bits per heavy atom. The smallest absolute Gasteiger partial charge is 0.193 e. The Kier molecular flexibility index (Phi) is 6.04. The van der Waals surface area contributed by atoms with Gasteiger partial charge in [-0.15, -0.1) is 0 Å². The minimum atomic E-state index is 0.107. The minimum absolute atomic E-state index is 0.107. The van der Waals surface area contributed by atoms with Crippen LogP contribution in [0.3, 0.4) is 0 Å². The van der Waals surface area contributed by atoms with Crippen molar-refractivity contribution in [3.05, 3.63) is 71.3 Å². The molecule has 2 heteroatoms. The molecule has 1 N–H and O–H groups in total. The molecule has 0 radical (unpaired) electrons. The van der Waals surface area contributed by atoms with Crippen LogP contribution in [0.15, 0.2) is 54.6 Å². The summed E-state index contributed by atoms with van der Waals surface area (Å²) >= 11 is 0. The van der Waals surface area contributed by atoms with Crippen molar-refractivity contribution in [2.24, 2.45) is 5.92 Å². The maximum atomic E-state index is 12.7. The summed E-state index contributed by atoms with van der Waals surface area (Å²) in [4.78, 5) is 12.7. The second-order valence-electron chi connectivity index (χ2n) is 7.49. The van der Waals surface area contributed by atoms with Gasteiger partial charge in [0.15, 0.2) is 5.78 Å². The minimum Gasteiger partial charge on any atom is -0.314 e. The lowest BCUT2D eigenvalue weighted by Gasteiger charge is -2.26. The Bertz CT molecular complexity index is 694. The van der Waals surface area contributed by atoms with Gasteiger partial charge in [0, 0.05) is 17.2 Å². The molecular weight excluding hydrogens is 306 g/mol. The van der Waals surface area contributed by atoms with Crippen LogP contribution in [-0.2, 0) is 0 Å². The highest BCUT2D eigenvalue weighted by molar-refractivity contribution is 6.09. The molecular formula is C23H29NO. The Morgan fingerprint density at radius 2 is 1.84 bits per heavy atom. The van der Waals surface area contributed by atoms with E-state index in [-0.39, 0.29) is 5.78 Å². The van der Waals surface area contributed by atoms with E-state index in [0.29, 0.717) is 12.0 Å².